The zero-order valence-electron chi connectivity index (χ0n) is 10.3. The number of nitrogens with zero attached hydrogens (tertiary/aromatic N) is 2. The van der Waals surface area contributed by atoms with Gasteiger partial charge >= 0.3 is 0 Å². The third kappa shape index (κ3) is 2.85. The molecule has 6 nitrogen and oxygen atoms in total. The second-order valence-electron chi connectivity index (χ2n) is 4.35. The number of hydrogen-bond acceptors (Lipinski definition) is 4. The van der Waals surface area contributed by atoms with E-state index in [-0.39, 0.29) is 22.7 Å². The molecule has 1 aliphatic heterocycles. The monoisotopic (exact) mass is 284 g/mol. The van der Waals surface area contributed by atoms with Crippen LogP contribution in [0.15, 0.2) is 18.2 Å². The molecule has 1 amide bonds. The normalized spacial score (nSPS) is 19.3. The molecule has 0 bridgehead atoms. The van der Waals surface area contributed by atoms with E-state index < -0.39 is 4.92 Å². The van der Waals surface area contributed by atoms with E-state index in [1.54, 1.807) is 4.90 Å². The second kappa shape index (κ2) is 5.54. The van der Waals surface area contributed by atoms with Gasteiger partial charge in [0.05, 0.1) is 24.2 Å². The van der Waals surface area contributed by atoms with E-state index in [9.17, 15) is 14.9 Å². The van der Waals surface area contributed by atoms with Gasteiger partial charge in [0.1, 0.15) is 5.02 Å². The lowest BCUT2D eigenvalue weighted by Crippen LogP contribution is -2.47. The Hall–Kier alpha value is -1.66. The number of rotatable bonds is 2. The minimum absolute atomic E-state index is 0.0183. The Morgan fingerprint density at radius 3 is 2.89 bits per heavy atom. The predicted octanol–water partition coefficient (Wildman–Crippen LogP) is 2.11. The van der Waals surface area contributed by atoms with Gasteiger partial charge in [-0.1, -0.05) is 11.6 Å². The van der Waals surface area contributed by atoms with Gasteiger partial charge in [-0.05, 0) is 19.1 Å². The van der Waals surface area contributed by atoms with Crippen LogP contribution in [-0.2, 0) is 4.74 Å². The number of benzene rings is 1. The molecule has 0 unspecified atom stereocenters. The standard InChI is InChI=1S/C12H13ClN2O4/c1-8-7-19-5-4-14(8)12(16)9-2-3-11(15(17)18)10(13)6-9/h2-3,6,8H,4-5,7H2,1H3/t8-/m1/s1. The summed E-state index contributed by atoms with van der Waals surface area (Å²) in [6, 6.07) is 3.99. The maximum atomic E-state index is 12.3. The molecule has 0 spiro atoms. The van der Waals surface area contributed by atoms with Crippen molar-refractivity contribution in [3.63, 3.8) is 0 Å². The topological polar surface area (TPSA) is 72.7 Å². The van der Waals surface area contributed by atoms with Crippen LogP contribution in [0.25, 0.3) is 0 Å². The minimum atomic E-state index is -0.575. The number of morpholine rings is 1. The van der Waals surface area contributed by atoms with Gasteiger partial charge in [-0.15, -0.1) is 0 Å². The lowest BCUT2D eigenvalue weighted by atomic mass is 10.1. The molecule has 1 saturated heterocycles. The third-order valence-corrected chi connectivity index (χ3v) is 3.32. The largest absolute Gasteiger partial charge is 0.377 e. The highest BCUT2D eigenvalue weighted by atomic mass is 35.5. The number of ether oxygens (including phenoxy) is 1. The van der Waals surface area contributed by atoms with Crippen LogP contribution in [0.5, 0.6) is 0 Å². The van der Waals surface area contributed by atoms with Crippen molar-refractivity contribution in [3.8, 4) is 0 Å². The van der Waals surface area contributed by atoms with Crippen molar-refractivity contribution in [2.24, 2.45) is 0 Å². The number of carbonyl (C=O) groups is 1. The predicted molar refractivity (Wildman–Crippen MR) is 69.4 cm³/mol. The van der Waals surface area contributed by atoms with Crippen LogP contribution in [0.1, 0.15) is 17.3 Å². The highest BCUT2D eigenvalue weighted by Gasteiger charge is 2.25. The van der Waals surface area contributed by atoms with Crippen LogP contribution in [0.3, 0.4) is 0 Å². The van der Waals surface area contributed by atoms with Crippen molar-refractivity contribution in [1.29, 1.82) is 0 Å². The second-order valence-corrected chi connectivity index (χ2v) is 4.75. The molecular weight excluding hydrogens is 272 g/mol. The molecule has 19 heavy (non-hydrogen) atoms. The molecule has 0 N–H and O–H groups in total. The minimum Gasteiger partial charge on any atom is -0.377 e. The number of carbonyl (C=O) groups excluding carboxylic acids is 1. The summed E-state index contributed by atoms with van der Waals surface area (Å²) in [5.41, 5.74) is 0.151. The number of hydrogen-bond donors (Lipinski definition) is 0. The first kappa shape index (κ1) is 13.8. The van der Waals surface area contributed by atoms with E-state index in [0.29, 0.717) is 25.3 Å². The van der Waals surface area contributed by atoms with E-state index in [0.717, 1.165) is 0 Å². The lowest BCUT2D eigenvalue weighted by molar-refractivity contribution is -0.384. The first-order valence-corrected chi connectivity index (χ1v) is 6.21. The molecule has 1 aromatic rings. The van der Waals surface area contributed by atoms with E-state index in [1.807, 2.05) is 6.92 Å². The van der Waals surface area contributed by atoms with Crippen molar-refractivity contribution in [1.82, 2.24) is 4.90 Å². The number of halogens is 1. The van der Waals surface area contributed by atoms with Gasteiger partial charge in [0.2, 0.25) is 0 Å². The maximum Gasteiger partial charge on any atom is 0.287 e. The Morgan fingerprint density at radius 2 is 2.32 bits per heavy atom. The molecule has 0 radical (unpaired) electrons. The molecule has 1 heterocycles. The summed E-state index contributed by atoms with van der Waals surface area (Å²) in [5, 5.41) is 10.6. The molecule has 0 aromatic heterocycles. The maximum absolute atomic E-state index is 12.3. The molecular formula is C12H13ClN2O4. The quantitative estimate of drug-likeness (QED) is 0.616. The first-order valence-electron chi connectivity index (χ1n) is 5.83. The Kier molecular flexibility index (Phi) is 4.01. The summed E-state index contributed by atoms with van der Waals surface area (Å²) in [4.78, 5) is 24.1. The summed E-state index contributed by atoms with van der Waals surface area (Å²) in [6.07, 6.45) is 0. The van der Waals surface area contributed by atoms with E-state index >= 15 is 0 Å². The first-order chi connectivity index (χ1) is 9.00. The molecule has 1 aromatic carbocycles. The lowest BCUT2D eigenvalue weighted by Gasteiger charge is -2.33. The average molecular weight is 285 g/mol. The van der Waals surface area contributed by atoms with Crippen LogP contribution in [0, 0.1) is 10.1 Å². The van der Waals surface area contributed by atoms with E-state index in [2.05, 4.69) is 0 Å². The van der Waals surface area contributed by atoms with Crippen molar-refractivity contribution in [2.45, 2.75) is 13.0 Å². The fraction of sp³-hybridized carbons (Fsp3) is 0.417. The Bertz CT molecular complexity index is 520. The highest BCUT2D eigenvalue weighted by molar-refractivity contribution is 6.33. The van der Waals surface area contributed by atoms with Crippen molar-refractivity contribution in [3.05, 3.63) is 38.9 Å². The van der Waals surface area contributed by atoms with Crippen LogP contribution >= 0.6 is 11.6 Å². The van der Waals surface area contributed by atoms with Gasteiger partial charge in [0.25, 0.3) is 11.6 Å². The van der Waals surface area contributed by atoms with Gasteiger partial charge in [0.15, 0.2) is 0 Å². The van der Waals surface area contributed by atoms with Gasteiger partial charge in [-0.25, -0.2) is 0 Å². The third-order valence-electron chi connectivity index (χ3n) is 3.02. The van der Waals surface area contributed by atoms with Crippen LogP contribution < -0.4 is 0 Å². The van der Waals surface area contributed by atoms with Crippen molar-refractivity contribution < 1.29 is 14.5 Å². The van der Waals surface area contributed by atoms with Gasteiger partial charge in [-0.2, -0.15) is 0 Å². The molecule has 1 atom stereocenters. The van der Waals surface area contributed by atoms with Gasteiger partial charge < -0.3 is 9.64 Å². The molecule has 7 heteroatoms. The summed E-state index contributed by atoms with van der Waals surface area (Å²) >= 11 is 5.81. The van der Waals surface area contributed by atoms with Crippen LogP contribution in [0.4, 0.5) is 5.69 Å². The summed E-state index contributed by atoms with van der Waals surface area (Å²) in [6.45, 7) is 3.39. The summed E-state index contributed by atoms with van der Waals surface area (Å²) < 4.78 is 5.26. The number of nitro benzene ring substituents is 1. The fourth-order valence-electron chi connectivity index (χ4n) is 1.98. The molecule has 0 saturated carbocycles. The number of nitro groups is 1. The SMILES string of the molecule is C[C@@H]1COCCN1C(=O)c1ccc([N+](=O)[O-])c(Cl)c1. The zero-order valence-corrected chi connectivity index (χ0v) is 11.1. The summed E-state index contributed by atoms with van der Waals surface area (Å²) in [5.74, 6) is -0.187. The Labute approximate surface area is 115 Å². The molecule has 102 valence electrons. The van der Waals surface area contributed by atoms with Crippen molar-refractivity contribution in [2.75, 3.05) is 19.8 Å². The zero-order chi connectivity index (χ0) is 14.0. The van der Waals surface area contributed by atoms with Crippen LogP contribution in [0.2, 0.25) is 5.02 Å². The number of amides is 1. The molecule has 1 fully saturated rings. The molecule has 1 aliphatic rings. The van der Waals surface area contributed by atoms with Gasteiger partial charge in [-0.3, -0.25) is 14.9 Å². The smallest absolute Gasteiger partial charge is 0.287 e. The van der Waals surface area contributed by atoms with E-state index in [1.165, 1.54) is 18.2 Å². The Morgan fingerprint density at radius 1 is 1.58 bits per heavy atom. The fourth-order valence-corrected chi connectivity index (χ4v) is 2.23. The highest BCUT2D eigenvalue weighted by Crippen LogP contribution is 2.26. The average Bonchev–Trinajstić information content (AvgIpc) is 2.38. The Balaban J connectivity index is 2.24. The molecule has 0 aliphatic carbocycles. The van der Waals surface area contributed by atoms with E-state index in [4.69, 9.17) is 16.3 Å². The van der Waals surface area contributed by atoms with Crippen LogP contribution in [-0.4, -0.2) is 41.5 Å². The van der Waals surface area contributed by atoms with Gasteiger partial charge in [0, 0.05) is 18.2 Å². The summed E-state index contributed by atoms with van der Waals surface area (Å²) in [7, 11) is 0. The van der Waals surface area contributed by atoms with Crippen molar-refractivity contribution >= 4 is 23.2 Å². The molecule has 2 rings (SSSR count).